The van der Waals surface area contributed by atoms with Crippen LogP contribution in [0.15, 0.2) is 65.6 Å². The van der Waals surface area contributed by atoms with Crippen molar-refractivity contribution in [2.24, 2.45) is 0 Å². The zero-order valence-corrected chi connectivity index (χ0v) is 13.8. The number of aromatic nitrogens is 1. The number of carboxylic acid groups (broad SMARTS) is 1. The van der Waals surface area contributed by atoms with Crippen LogP contribution < -0.4 is 0 Å². The summed E-state index contributed by atoms with van der Waals surface area (Å²) in [5.74, 6) is -0.981. The quantitative estimate of drug-likeness (QED) is 0.524. The first-order valence-corrected chi connectivity index (χ1v) is 7.64. The fourth-order valence-electron chi connectivity index (χ4n) is 1.68. The van der Waals surface area contributed by atoms with E-state index in [1.807, 2.05) is 36.4 Å². The van der Waals surface area contributed by atoms with Gasteiger partial charge < -0.3 is 9.52 Å². The van der Waals surface area contributed by atoms with Crippen molar-refractivity contribution in [3.05, 3.63) is 67.0 Å². The third-order valence-corrected chi connectivity index (χ3v) is 3.23. The number of oxazole rings is 1. The van der Waals surface area contributed by atoms with Crippen LogP contribution in [0.3, 0.4) is 0 Å². The molecule has 0 amide bonds. The van der Waals surface area contributed by atoms with E-state index in [0.717, 1.165) is 22.4 Å². The zero-order valence-electron chi connectivity index (χ0n) is 12.9. The molecule has 0 fully saturated rings. The van der Waals surface area contributed by atoms with Crippen molar-refractivity contribution in [2.75, 3.05) is 0 Å². The molecule has 0 saturated carbocycles. The summed E-state index contributed by atoms with van der Waals surface area (Å²) in [7, 11) is 0. The third-order valence-electron chi connectivity index (χ3n) is 3.01. The number of benzene rings is 2. The highest BCUT2D eigenvalue weighted by Crippen LogP contribution is 2.34. The van der Waals surface area contributed by atoms with Crippen LogP contribution in [0.5, 0.6) is 0 Å². The van der Waals surface area contributed by atoms with E-state index in [0.29, 0.717) is 0 Å². The standard InChI is InChI=1S/C9H7NO.C6H3F.C3H6O2S/c1-2-4-8(5-3-1)9-6-11-7-10-9;7-6-2-4-1-5(4)3-6;1-2(6)3(4)5/h1-7H;1-3H;2,6H,1H3,(H,4,5). The lowest BCUT2D eigenvalue weighted by molar-refractivity contribution is -0.136. The molecule has 24 heavy (non-hydrogen) atoms. The van der Waals surface area contributed by atoms with Crippen LogP contribution in [0.1, 0.15) is 6.92 Å². The highest BCUT2D eigenvalue weighted by molar-refractivity contribution is 7.81. The van der Waals surface area contributed by atoms with Crippen LogP contribution in [0.25, 0.3) is 22.4 Å². The molecular formula is C18H16FNO3S. The molecule has 2 aliphatic rings. The molecule has 1 aromatic carbocycles. The SMILES string of the molecule is CC(S)C(=O)O.Fc1cc2cc-2c1.c1ccc(-c2cocn2)cc1. The Kier molecular flexibility index (Phi) is 6.14. The minimum atomic E-state index is -0.877. The van der Waals surface area contributed by atoms with Gasteiger partial charge in [-0.25, -0.2) is 9.37 Å². The number of halogens is 1. The highest BCUT2D eigenvalue weighted by atomic mass is 32.1. The Labute approximate surface area is 144 Å². The first-order chi connectivity index (χ1) is 11.5. The minimum absolute atomic E-state index is 0.104. The number of hydrogen-bond acceptors (Lipinski definition) is 4. The zero-order chi connectivity index (χ0) is 17.5. The molecule has 124 valence electrons. The molecule has 2 aromatic rings. The van der Waals surface area contributed by atoms with Gasteiger partial charge in [-0.1, -0.05) is 30.3 Å². The Morgan fingerprint density at radius 3 is 2.12 bits per heavy atom. The Morgan fingerprint density at radius 2 is 1.75 bits per heavy atom. The van der Waals surface area contributed by atoms with E-state index in [2.05, 4.69) is 17.6 Å². The maximum absolute atomic E-state index is 11.9. The Bertz CT molecular complexity index is 769. The predicted octanol–water partition coefficient (Wildman–Crippen LogP) is 4.54. The van der Waals surface area contributed by atoms with E-state index in [-0.39, 0.29) is 5.82 Å². The fourth-order valence-corrected chi connectivity index (χ4v) is 1.68. The van der Waals surface area contributed by atoms with Crippen LogP contribution in [0.2, 0.25) is 0 Å². The molecular weight excluding hydrogens is 329 g/mol. The highest BCUT2D eigenvalue weighted by Gasteiger charge is 2.12. The lowest BCUT2D eigenvalue weighted by atomic mass is 10.2. The Hall–Kier alpha value is -2.60. The average molecular weight is 345 g/mol. The number of aliphatic carboxylic acids is 1. The van der Waals surface area contributed by atoms with Gasteiger partial charge >= 0.3 is 5.97 Å². The van der Waals surface area contributed by atoms with Crippen LogP contribution in [0.4, 0.5) is 4.39 Å². The topological polar surface area (TPSA) is 63.3 Å². The van der Waals surface area contributed by atoms with Gasteiger partial charge in [0.1, 0.15) is 17.8 Å². The molecule has 1 heterocycles. The molecule has 0 saturated heterocycles. The largest absolute Gasteiger partial charge is 0.480 e. The summed E-state index contributed by atoms with van der Waals surface area (Å²) in [4.78, 5) is 13.6. The number of carboxylic acids is 1. The van der Waals surface area contributed by atoms with Gasteiger partial charge in [-0.15, -0.1) is 0 Å². The van der Waals surface area contributed by atoms with Crippen LogP contribution in [-0.4, -0.2) is 21.3 Å². The molecule has 0 bridgehead atoms. The number of fused-ring (bicyclic) bond motifs is 1. The van der Waals surface area contributed by atoms with Gasteiger partial charge in [0, 0.05) is 5.56 Å². The van der Waals surface area contributed by atoms with Gasteiger partial charge in [-0.2, -0.15) is 12.6 Å². The molecule has 4 rings (SSSR count). The number of nitrogens with zero attached hydrogens (tertiary/aromatic N) is 1. The molecule has 1 N–H and O–H groups in total. The Balaban J connectivity index is 0.000000139. The summed E-state index contributed by atoms with van der Waals surface area (Å²) in [5.41, 5.74) is 4.10. The predicted molar refractivity (Wildman–Crippen MR) is 93.4 cm³/mol. The molecule has 0 radical (unpaired) electrons. The molecule has 0 aliphatic heterocycles. The molecule has 2 aliphatic carbocycles. The summed E-state index contributed by atoms with van der Waals surface area (Å²) in [6.45, 7) is 1.51. The maximum atomic E-state index is 11.9. The normalized spacial score (nSPS) is 11.3. The second-order valence-electron chi connectivity index (χ2n) is 4.98. The number of hydrogen-bond donors (Lipinski definition) is 2. The molecule has 1 aromatic heterocycles. The van der Waals surface area contributed by atoms with Crippen LogP contribution in [-0.2, 0) is 4.79 Å². The summed E-state index contributed by atoms with van der Waals surface area (Å²) in [6.07, 6.45) is 3.07. The van der Waals surface area contributed by atoms with E-state index < -0.39 is 11.2 Å². The summed E-state index contributed by atoms with van der Waals surface area (Å²) in [6, 6.07) is 14.9. The van der Waals surface area contributed by atoms with Gasteiger partial charge in [0.05, 0.1) is 5.25 Å². The summed E-state index contributed by atoms with van der Waals surface area (Å²) < 4.78 is 16.8. The number of thiol groups is 1. The Morgan fingerprint density at radius 1 is 1.17 bits per heavy atom. The van der Waals surface area contributed by atoms with Crippen molar-refractivity contribution >= 4 is 18.6 Å². The first-order valence-electron chi connectivity index (χ1n) is 7.13. The second kappa shape index (κ2) is 8.31. The molecule has 4 nitrogen and oxygen atoms in total. The third kappa shape index (κ3) is 5.55. The average Bonchev–Trinajstić information content (AvgIpc) is 2.97. The summed E-state index contributed by atoms with van der Waals surface area (Å²) >= 11 is 3.59. The monoisotopic (exact) mass is 345 g/mol. The van der Waals surface area contributed by atoms with Gasteiger partial charge in [0.25, 0.3) is 0 Å². The van der Waals surface area contributed by atoms with E-state index in [1.165, 1.54) is 25.5 Å². The molecule has 0 spiro atoms. The van der Waals surface area contributed by atoms with Gasteiger partial charge in [-0.3, -0.25) is 4.79 Å². The van der Waals surface area contributed by atoms with Gasteiger partial charge in [0.2, 0.25) is 0 Å². The van der Waals surface area contributed by atoms with E-state index in [4.69, 9.17) is 9.52 Å². The van der Waals surface area contributed by atoms with Crippen molar-refractivity contribution in [3.63, 3.8) is 0 Å². The molecule has 6 heteroatoms. The minimum Gasteiger partial charge on any atom is -0.480 e. The summed E-state index contributed by atoms with van der Waals surface area (Å²) in [5, 5.41) is 7.38. The fraction of sp³-hybridized carbons (Fsp3) is 0.111. The van der Waals surface area contributed by atoms with Crippen molar-refractivity contribution < 1.29 is 18.7 Å². The van der Waals surface area contributed by atoms with Crippen molar-refractivity contribution in [2.45, 2.75) is 12.2 Å². The van der Waals surface area contributed by atoms with E-state index in [1.54, 1.807) is 6.26 Å². The molecule has 1 unspecified atom stereocenters. The number of carbonyl (C=O) groups is 1. The van der Waals surface area contributed by atoms with Crippen molar-refractivity contribution in [1.82, 2.24) is 4.98 Å². The second-order valence-corrected chi connectivity index (χ2v) is 5.76. The smallest absolute Gasteiger partial charge is 0.316 e. The van der Waals surface area contributed by atoms with Crippen LogP contribution in [0, 0.1) is 5.82 Å². The van der Waals surface area contributed by atoms with Crippen molar-refractivity contribution in [1.29, 1.82) is 0 Å². The number of rotatable bonds is 2. The van der Waals surface area contributed by atoms with Crippen molar-refractivity contribution in [3.8, 4) is 22.4 Å². The van der Waals surface area contributed by atoms with Crippen LogP contribution >= 0.6 is 12.6 Å². The van der Waals surface area contributed by atoms with Gasteiger partial charge in [0.15, 0.2) is 6.39 Å². The van der Waals surface area contributed by atoms with E-state index >= 15 is 0 Å². The van der Waals surface area contributed by atoms with E-state index in [9.17, 15) is 9.18 Å². The van der Waals surface area contributed by atoms with Gasteiger partial charge in [-0.05, 0) is 36.2 Å². The first kappa shape index (κ1) is 17.7. The molecule has 1 atom stereocenters. The lowest BCUT2D eigenvalue weighted by Crippen LogP contribution is -2.06. The maximum Gasteiger partial charge on any atom is 0.316 e. The lowest BCUT2D eigenvalue weighted by Gasteiger charge is -1.91.